The van der Waals surface area contributed by atoms with Crippen LogP contribution in [0.15, 0.2) is 24.3 Å². The molecule has 1 unspecified atom stereocenters. The monoisotopic (exact) mass is 273 g/mol. The molecule has 0 aliphatic heterocycles. The molecule has 0 aliphatic carbocycles. The first-order chi connectivity index (χ1) is 9.17. The van der Waals surface area contributed by atoms with E-state index in [-0.39, 0.29) is 11.8 Å². The Hall–Kier alpha value is -1.20. The van der Waals surface area contributed by atoms with Gasteiger partial charge in [-0.2, -0.15) is 8.78 Å². The Kier molecular flexibility index (Phi) is 7.36. The van der Waals surface area contributed by atoms with Crippen LogP contribution in [-0.2, 0) is 4.74 Å². The molecule has 1 atom stereocenters. The summed E-state index contributed by atoms with van der Waals surface area (Å²) in [5.41, 5.74) is 1.000. The number of hydrogen-bond donors (Lipinski definition) is 1. The summed E-state index contributed by atoms with van der Waals surface area (Å²) in [4.78, 5) is 0. The molecule has 0 saturated heterocycles. The third-order valence-corrected chi connectivity index (χ3v) is 2.59. The highest BCUT2D eigenvalue weighted by atomic mass is 19.3. The van der Waals surface area contributed by atoms with Gasteiger partial charge >= 0.3 is 6.61 Å². The average Bonchev–Trinajstić information content (AvgIpc) is 2.38. The fourth-order valence-electron chi connectivity index (χ4n) is 1.75. The van der Waals surface area contributed by atoms with Crippen LogP contribution < -0.4 is 10.1 Å². The van der Waals surface area contributed by atoms with Crippen LogP contribution in [0, 0.1) is 0 Å². The molecular formula is C14H21F2NO2. The van der Waals surface area contributed by atoms with E-state index in [4.69, 9.17) is 4.74 Å². The Morgan fingerprint density at radius 3 is 2.37 bits per heavy atom. The maximum atomic E-state index is 12.1. The third-order valence-electron chi connectivity index (χ3n) is 2.59. The van der Waals surface area contributed by atoms with Gasteiger partial charge < -0.3 is 14.8 Å². The molecule has 0 aliphatic rings. The zero-order chi connectivity index (χ0) is 14.1. The summed E-state index contributed by atoms with van der Waals surface area (Å²) < 4.78 is 34.0. The molecule has 1 aromatic rings. The van der Waals surface area contributed by atoms with Crippen LogP contribution in [0.1, 0.15) is 31.9 Å². The maximum Gasteiger partial charge on any atom is 0.387 e. The van der Waals surface area contributed by atoms with Crippen LogP contribution in [0.5, 0.6) is 5.75 Å². The Morgan fingerprint density at radius 2 is 1.84 bits per heavy atom. The number of halogens is 2. The molecule has 0 radical (unpaired) electrons. The number of hydrogen-bond acceptors (Lipinski definition) is 3. The molecule has 1 N–H and O–H groups in total. The highest BCUT2D eigenvalue weighted by molar-refractivity contribution is 5.29. The van der Waals surface area contributed by atoms with Crippen molar-refractivity contribution in [2.75, 3.05) is 19.8 Å². The van der Waals surface area contributed by atoms with Crippen molar-refractivity contribution < 1.29 is 18.3 Å². The SMILES string of the molecule is CCCOCC(NCC)c1ccc(OC(F)F)cc1. The first-order valence-electron chi connectivity index (χ1n) is 6.53. The van der Waals surface area contributed by atoms with Crippen LogP contribution in [0.3, 0.4) is 0 Å². The average molecular weight is 273 g/mol. The van der Waals surface area contributed by atoms with E-state index >= 15 is 0 Å². The van der Waals surface area contributed by atoms with Crippen molar-refractivity contribution >= 4 is 0 Å². The minimum Gasteiger partial charge on any atom is -0.435 e. The Labute approximate surface area is 112 Å². The predicted octanol–water partition coefficient (Wildman–Crippen LogP) is 3.37. The second kappa shape index (κ2) is 8.82. The van der Waals surface area contributed by atoms with Crippen molar-refractivity contribution in [2.24, 2.45) is 0 Å². The lowest BCUT2D eigenvalue weighted by Crippen LogP contribution is -2.25. The van der Waals surface area contributed by atoms with Gasteiger partial charge in [0.1, 0.15) is 5.75 Å². The number of nitrogens with one attached hydrogen (secondary N) is 1. The summed E-state index contributed by atoms with van der Waals surface area (Å²) in [5, 5.41) is 3.30. The largest absolute Gasteiger partial charge is 0.435 e. The van der Waals surface area contributed by atoms with E-state index in [1.165, 1.54) is 0 Å². The first kappa shape index (κ1) is 15.9. The topological polar surface area (TPSA) is 30.5 Å². The number of benzene rings is 1. The lowest BCUT2D eigenvalue weighted by atomic mass is 10.1. The second-order valence-corrected chi connectivity index (χ2v) is 4.13. The molecule has 0 spiro atoms. The van der Waals surface area contributed by atoms with Crippen LogP contribution in [0.2, 0.25) is 0 Å². The van der Waals surface area contributed by atoms with Gasteiger partial charge in [-0.3, -0.25) is 0 Å². The van der Waals surface area contributed by atoms with Crippen LogP contribution in [0.4, 0.5) is 8.78 Å². The summed E-state index contributed by atoms with van der Waals surface area (Å²) >= 11 is 0. The maximum absolute atomic E-state index is 12.1. The van der Waals surface area contributed by atoms with Crippen molar-refractivity contribution in [1.82, 2.24) is 5.32 Å². The molecule has 3 nitrogen and oxygen atoms in total. The molecule has 0 heterocycles. The quantitative estimate of drug-likeness (QED) is 0.700. The Bertz CT molecular complexity index is 344. The van der Waals surface area contributed by atoms with Gasteiger partial charge in [0, 0.05) is 6.61 Å². The summed E-state index contributed by atoms with van der Waals surface area (Å²) in [6, 6.07) is 6.72. The summed E-state index contributed by atoms with van der Waals surface area (Å²) in [7, 11) is 0. The van der Waals surface area contributed by atoms with E-state index in [0.717, 1.165) is 18.5 Å². The molecule has 0 amide bonds. The minimum absolute atomic E-state index is 0.0668. The van der Waals surface area contributed by atoms with Crippen LogP contribution >= 0.6 is 0 Å². The lowest BCUT2D eigenvalue weighted by Gasteiger charge is -2.18. The van der Waals surface area contributed by atoms with E-state index in [0.29, 0.717) is 13.2 Å². The molecule has 1 aromatic carbocycles. The van der Waals surface area contributed by atoms with Crippen molar-refractivity contribution in [2.45, 2.75) is 32.9 Å². The fraction of sp³-hybridized carbons (Fsp3) is 0.571. The fourth-order valence-corrected chi connectivity index (χ4v) is 1.75. The van der Waals surface area contributed by atoms with Crippen molar-refractivity contribution in [3.8, 4) is 5.75 Å². The van der Waals surface area contributed by atoms with Crippen molar-refractivity contribution in [3.05, 3.63) is 29.8 Å². The van der Waals surface area contributed by atoms with Gasteiger partial charge in [-0.05, 0) is 30.7 Å². The zero-order valence-electron chi connectivity index (χ0n) is 11.4. The highest BCUT2D eigenvalue weighted by Crippen LogP contribution is 2.19. The molecule has 0 fully saturated rings. The molecule has 0 bridgehead atoms. The number of ether oxygens (including phenoxy) is 2. The summed E-state index contributed by atoms with van der Waals surface area (Å²) in [5.74, 6) is 0.170. The molecule has 19 heavy (non-hydrogen) atoms. The molecule has 5 heteroatoms. The normalized spacial score (nSPS) is 12.7. The van der Waals surface area contributed by atoms with Gasteiger partial charge in [-0.15, -0.1) is 0 Å². The summed E-state index contributed by atoms with van der Waals surface area (Å²) in [6.07, 6.45) is 0.972. The molecular weight excluding hydrogens is 252 g/mol. The van der Waals surface area contributed by atoms with Gasteiger partial charge in [0.25, 0.3) is 0 Å². The lowest BCUT2D eigenvalue weighted by molar-refractivity contribution is -0.0498. The van der Waals surface area contributed by atoms with E-state index < -0.39 is 6.61 Å². The number of rotatable bonds is 9. The van der Waals surface area contributed by atoms with Crippen LogP contribution in [0.25, 0.3) is 0 Å². The Balaban J connectivity index is 2.62. The molecule has 0 saturated carbocycles. The zero-order valence-corrected chi connectivity index (χ0v) is 11.4. The third kappa shape index (κ3) is 5.98. The summed E-state index contributed by atoms with van der Waals surface area (Å²) in [6.45, 7) is 3.38. The second-order valence-electron chi connectivity index (χ2n) is 4.13. The number of alkyl halides is 2. The Morgan fingerprint density at radius 1 is 1.16 bits per heavy atom. The van der Waals surface area contributed by atoms with Crippen molar-refractivity contribution in [1.29, 1.82) is 0 Å². The first-order valence-corrected chi connectivity index (χ1v) is 6.53. The van der Waals surface area contributed by atoms with Gasteiger partial charge in [0.15, 0.2) is 0 Å². The standard InChI is InChI=1S/C14H21F2NO2/c1-3-9-18-10-13(17-4-2)11-5-7-12(8-6-11)19-14(15)16/h5-8,13-14,17H,3-4,9-10H2,1-2H3. The van der Waals surface area contributed by atoms with Crippen molar-refractivity contribution in [3.63, 3.8) is 0 Å². The predicted molar refractivity (Wildman–Crippen MR) is 70.6 cm³/mol. The van der Waals surface area contributed by atoms with Gasteiger partial charge in [-0.25, -0.2) is 0 Å². The van der Waals surface area contributed by atoms with Crippen LogP contribution in [-0.4, -0.2) is 26.4 Å². The van der Waals surface area contributed by atoms with Gasteiger partial charge in [-0.1, -0.05) is 26.0 Å². The molecule has 1 rings (SSSR count). The molecule has 108 valence electrons. The van der Waals surface area contributed by atoms with E-state index in [1.54, 1.807) is 24.3 Å². The van der Waals surface area contributed by atoms with Gasteiger partial charge in [0.2, 0.25) is 0 Å². The minimum atomic E-state index is -2.79. The highest BCUT2D eigenvalue weighted by Gasteiger charge is 2.11. The number of likely N-dealkylation sites (N-methyl/N-ethyl adjacent to an activating group) is 1. The smallest absolute Gasteiger partial charge is 0.387 e. The molecule has 0 aromatic heterocycles. The van der Waals surface area contributed by atoms with E-state index in [1.807, 2.05) is 6.92 Å². The van der Waals surface area contributed by atoms with E-state index in [9.17, 15) is 8.78 Å². The van der Waals surface area contributed by atoms with E-state index in [2.05, 4.69) is 17.0 Å². The van der Waals surface area contributed by atoms with Gasteiger partial charge in [0.05, 0.1) is 12.6 Å².